The van der Waals surface area contributed by atoms with Gasteiger partial charge in [0.25, 0.3) is 0 Å². The van der Waals surface area contributed by atoms with Gasteiger partial charge in [-0.3, -0.25) is 9.59 Å². The van der Waals surface area contributed by atoms with Crippen LogP contribution < -0.4 is 5.32 Å². The quantitative estimate of drug-likeness (QED) is 0.0323. The maximum Gasteiger partial charge on any atom is 0.305 e. The number of ether oxygens (including phenoxy) is 1. The van der Waals surface area contributed by atoms with Crippen LogP contribution in [0.2, 0.25) is 0 Å². The molecule has 0 aromatic heterocycles. The van der Waals surface area contributed by atoms with E-state index >= 15 is 0 Å². The second kappa shape index (κ2) is 48.0. The number of hydrogen-bond acceptors (Lipinski definition) is 5. The van der Waals surface area contributed by atoms with Crippen molar-refractivity contribution < 1.29 is 24.5 Å². The topological polar surface area (TPSA) is 95.9 Å². The molecule has 0 bridgehead atoms. The normalized spacial score (nSPS) is 12.8. The van der Waals surface area contributed by atoms with E-state index in [-0.39, 0.29) is 18.5 Å². The lowest BCUT2D eigenvalue weighted by Crippen LogP contribution is -2.45. The van der Waals surface area contributed by atoms with Gasteiger partial charge in [0.15, 0.2) is 0 Å². The summed E-state index contributed by atoms with van der Waals surface area (Å²) in [5, 5.41) is 23.2. The second-order valence-corrected chi connectivity index (χ2v) is 17.5. The highest BCUT2D eigenvalue weighted by molar-refractivity contribution is 5.76. The molecule has 6 heteroatoms. The minimum Gasteiger partial charge on any atom is -0.466 e. The zero-order valence-electron chi connectivity index (χ0n) is 38.8. The summed E-state index contributed by atoms with van der Waals surface area (Å²) in [6.45, 7) is 4.86. The van der Waals surface area contributed by atoms with E-state index in [1.54, 1.807) is 0 Å². The fraction of sp³-hybridized carbons (Fsp3) is 0.885. The highest BCUT2D eigenvalue weighted by atomic mass is 16.5. The summed E-state index contributed by atoms with van der Waals surface area (Å²) < 4.78 is 5.45. The Morgan fingerprint density at radius 3 is 1.38 bits per heavy atom. The summed E-state index contributed by atoms with van der Waals surface area (Å²) in [6, 6.07) is -0.549. The first-order valence-electron chi connectivity index (χ1n) is 25.6. The summed E-state index contributed by atoms with van der Waals surface area (Å²) in [5.74, 6) is -0.0636. The van der Waals surface area contributed by atoms with E-state index in [4.69, 9.17) is 4.74 Å². The van der Waals surface area contributed by atoms with E-state index in [9.17, 15) is 19.8 Å². The van der Waals surface area contributed by atoms with E-state index in [1.165, 1.54) is 180 Å². The Morgan fingerprint density at radius 1 is 0.483 bits per heavy atom. The van der Waals surface area contributed by atoms with Gasteiger partial charge in [-0.05, 0) is 51.4 Å². The largest absolute Gasteiger partial charge is 0.466 e. The number of aliphatic hydroxyl groups excluding tert-OH is 2. The Labute approximate surface area is 361 Å². The Balaban J connectivity index is 3.45. The van der Waals surface area contributed by atoms with Crippen LogP contribution in [0.25, 0.3) is 0 Å². The Morgan fingerprint density at radius 2 is 0.897 bits per heavy atom. The van der Waals surface area contributed by atoms with Crippen molar-refractivity contribution in [3.8, 4) is 0 Å². The third kappa shape index (κ3) is 43.9. The number of hydrogen-bond donors (Lipinski definition) is 3. The Bertz CT molecular complexity index is 904. The van der Waals surface area contributed by atoms with Crippen LogP contribution in [0, 0.1) is 0 Å². The number of carbonyl (C=O) groups is 2. The molecule has 3 N–H and O–H groups in total. The number of allylic oxidation sites excluding steroid dienone is 4. The van der Waals surface area contributed by atoms with Crippen LogP contribution in [-0.2, 0) is 14.3 Å². The van der Waals surface area contributed by atoms with Crippen LogP contribution in [0.4, 0.5) is 0 Å². The van der Waals surface area contributed by atoms with Gasteiger partial charge in [-0.25, -0.2) is 0 Å². The van der Waals surface area contributed by atoms with Crippen LogP contribution in [0.1, 0.15) is 271 Å². The lowest BCUT2D eigenvalue weighted by molar-refractivity contribution is -0.143. The van der Waals surface area contributed by atoms with Crippen molar-refractivity contribution in [2.75, 3.05) is 13.2 Å². The van der Waals surface area contributed by atoms with Gasteiger partial charge in [-0.15, -0.1) is 0 Å². The van der Waals surface area contributed by atoms with Crippen LogP contribution in [0.5, 0.6) is 0 Å². The summed E-state index contributed by atoms with van der Waals surface area (Å²) in [6.07, 6.45) is 55.7. The molecule has 0 radical (unpaired) electrons. The van der Waals surface area contributed by atoms with Crippen LogP contribution in [-0.4, -0.2) is 47.4 Å². The van der Waals surface area contributed by atoms with Crippen molar-refractivity contribution in [3.63, 3.8) is 0 Å². The lowest BCUT2D eigenvalue weighted by atomic mass is 10.0. The first kappa shape index (κ1) is 56.3. The Kier molecular flexibility index (Phi) is 46.6. The fourth-order valence-corrected chi connectivity index (χ4v) is 7.79. The molecule has 6 nitrogen and oxygen atoms in total. The van der Waals surface area contributed by atoms with E-state index in [1.807, 2.05) is 0 Å². The number of unbranched alkanes of at least 4 members (excludes halogenated alkanes) is 32. The van der Waals surface area contributed by atoms with Gasteiger partial charge in [-0.2, -0.15) is 0 Å². The van der Waals surface area contributed by atoms with Crippen molar-refractivity contribution in [1.82, 2.24) is 5.32 Å². The number of aliphatic hydroxyl groups is 2. The van der Waals surface area contributed by atoms with Gasteiger partial charge >= 0.3 is 5.97 Å². The van der Waals surface area contributed by atoms with Gasteiger partial charge in [0.1, 0.15) is 0 Å². The number of nitrogens with one attached hydrogen (secondary N) is 1. The molecule has 342 valence electrons. The maximum absolute atomic E-state index is 12.4. The summed E-state index contributed by atoms with van der Waals surface area (Å²) in [5.41, 5.74) is 0. The summed E-state index contributed by atoms with van der Waals surface area (Å²) in [4.78, 5) is 24.4. The van der Waals surface area contributed by atoms with Crippen molar-refractivity contribution in [1.29, 1.82) is 0 Å². The average molecular weight is 818 g/mol. The second-order valence-electron chi connectivity index (χ2n) is 17.5. The van der Waals surface area contributed by atoms with E-state index in [2.05, 4.69) is 43.5 Å². The van der Waals surface area contributed by atoms with E-state index in [0.717, 1.165) is 57.8 Å². The Hall–Kier alpha value is -1.66. The number of carbonyl (C=O) groups excluding carboxylic acids is 2. The van der Waals surface area contributed by atoms with Crippen molar-refractivity contribution in [2.24, 2.45) is 0 Å². The minimum atomic E-state index is -0.671. The zero-order valence-corrected chi connectivity index (χ0v) is 38.8. The maximum atomic E-state index is 12.4. The molecule has 0 saturated heterocycles. The van der Waals surface area contributed by atoms with Crippen LogP contribution in [0.15, 0.2) is 24.3 Å². The highest BCUT2D eigenvalue weighted by Crippen LogP contribution is 2.16. The average Bonchev–Trinajstić information content (AvgIpc) is 3.22. The number of rotatable bonds is 47. The molecule has 2 unspecified atom stereocenters. The van der Waals surface area contributed by atoms with Gasteiger partial charge in [-0.1, -0.05) is 231 Å². The van der Waals surface area contributed by atoms with Gasteiger partial charge in [0.2, 0.25) is 5.91 Å². The molecular formula is C52H99NO5. The fourth-order valence-electron chi connectivity index (χ4n) is 7.79. The summed E-state index contributed by atoms with van der Waals surface area (Å²) >= 11 is 0. The number of amides is 1. The SMILES string of the molecule is CCC/C=C\C/C=C\CCCCCCCC(=O)OCCCCCCCCCCCCCCCCC(=O)NC(CO)C(O)CCCCCCCCCCCCCCCC. The molecule has 0 aliphatic carbocycles. The third-order valence-corrected chi connectivity index (χ3v) is 11.7. The molecule has 0 aromatic rings. The molecule has 2 atom stereocenters. The van der Waals surface area contributed by atoms with Crippen LogP contribution >= 0.6 is 0 Å². The standard InChI is InChI=1S/C52H99NO5/c1-3-5-7-9-11-13-15-17-21-24-28-32-36-40-44-50(55)49(48-54)53-51(56)45-41-37-33-29-25-22-18-19-23-27-31-35-39-43-47-58-52(57)46-42-38-34-30-26-20-16-14-12-10-8-6-4-2/h8,10,14,16,49-50,54-55H,3-7,9,11-13,15,17-48H2,1-2H3,(H,53,56)/b10-8-,16-14-. The molecule has 1 amide bonds. The first-order chi connectivity index (χ1) is 28.5. The van der Waals surface area contributed by atoms with Gasteiger partial charge < -0.3 is 20.3 Å². The van der Waals surface area contributed by atoms with Crippen molar-refractivity contribution in [3.05, 3.63) is 24.3 Å². The van der Waals surface area contributed by atoms with Gasteiger partial charge in [0, 0.05) is 12.8 Å². The smallest absolute Gasteiger partial charge is 0.305 e. The molecule has 0 rings (SSSR count). The molecule has 0 spiro atoms. The van der Waals surface area contributed by atoms with Crippen molar-refractivity contribution in [2.45, 2.75) is 283 Å². The monoisotopic (exact) mass is 818 g/mol. The van der Waals surface area contributed by atoms with E-state index < -0.39 is 12.1 Å². The molecule has 0 aliphatic heterocycles. The van der Waals surface area contributed by atoms with Gasteiger partial charge in [0.05, 0.1) is 25.4 Å². The molecule has 0 aliphatic rings. The molecule has 0 fully saturated rings. The molecule has 0 saturated carbocycles. The minimum absolute atomic E-state index is 0.0176. The zero-order chi connectivity index (χ0) is 42.3. The lowest BCUT2D eigenvalue weighted by Gasteiger charge is -2.22. The predicted molar refractivity (Wildman–Crippen MR) is 250 cm³/mol. The molecule has 58 heavy (non-hydrogen) atoms. The molecular weight excluding hydrogens is 719 g/mol. The molecule has 0 aromatic carbocycles. The number of esters is 1. The molecule has 0 heterocycles. The summed E-state index contributed by atoms with van der Waals surface area (Å²) in [7, 11) is 0. The van der Waals surface area contributed by atoms with Crippen molar-refractivity contribution >= 4 is 11.9 Å². The highest BCUT2D eigenvalue weighted by Gasteiger charge is 2.20. The third-order valence-electron chi connectivity index (χ3n) is 11.7. The first-order valence-corrected chi connectivity index (χ1v) is 25.6. The van der Waals surface area contributed by atoms with Crippen LogP contribution in [0.3, 0.4) is 0 Å². The predicted octanol–water partition coefficient (Wildman–Crippen LogP) is 15.1. The van der Waals surface area contributed by atoms with E-state index in [0.29, 0.717) is 25.9 Å².